The molecule has 0 bridgehead atoms. The van der Waals surface area contributed by atoms with Crippen LogP contribution >= 0.6 is 0 Å². The summed E-state index contributed by atoms with van der Waals surface area (Å²) in [6.07, 6.45) is 5.07. The lowest BCUT2D eigenvalue weighted by molar-refractivity contribution is -0.119. The lowest BCUT2D eigenvalue weighted by Crippen LogP contribution is -2.33. The molecule has 1 atom stereocenters. The second-order valence-electron chi connectivity index (χ2n) is 9.10. The zero-order valence-corrected chi connectivity index (χ0v) is 19.2. The van der Waals surface area contributed by atoms with Crippen molar-refractivity contribution in [3.63, 3.8) is 0 Å². The highest BCUT2D eigenvalue weighted by atomic mass is 16.5. The summed E-state index contributed by atoms with van der Waals surface area (Å²) in [5, 5.41) is 1.75. The van der Waals surface area contributed by atoms with Crippen LogP contribution in [0.25, 0.3) is 27.4 Å². The number of para-hydroxylation sites is 1. The number of amides is 2. The summed E-state index contributed by atoms with van der Waals surface area (Å²) < 4.78 is 9.89. The van der Waals surface area contributed by atoms with Crippen molar-refractivity contribution in [1.29, 1.82) is 0 Å². The summed E-state index contributed by atoms with van der Waals surface area (Å²) in [7, 11) is 3.56. The van der Waals surface area contributed by atoms with Gasteiger partial charge in [0, 0.05) is 48.0 Å². The van der Waals surface area contributed by atoms with Gasteiger partial charge in [-0.2, -0.15) is 0 Å². The fraction of sp³-hybridized carbons (Fsp3) is 0.259. The van der Waals surface area contributed by atoms with Gasteiger partial charge < -0.3 is 19.6 Å². The fourth-order valence-electron chi connectivity index (χ4n) is 5.59. The van der Waals surface area contributed by atoms with Gasteiger partial charge in [0.2, 0.25) is 0 Å². The number of hydrogen-bond acceptors (Lipinski definition) is 4. The van der Waals surface area contributed by atoms with E-state index < -0.39 is 0 Å². The Morgan fingerprint density at radius 3 is 2.68 bits per heavy atom. The maximum atomic E-state index is 13.9. The summed E-state index contributed by atoms with van der Waals surface area (Å²) in [4.78, 5) is 28.7. The number of hydrogen-bond donors (Lipinski definition) is 1. The zero-order chi connectivity index (χ0) is 23.6. The molecule has 7 nitrogen and oxygen atoms in total. The molecule has 1 unspecified atom stereocenters. The topological polar surface area (TPSA) is 82.5 Å². The van der Waals surface area contributed by atoms with Crippen molar-refractivity contribution in [3.8, 4) is 5.75 Å². The predicted molar refractivity (Wildman–Crippen MR) is 133 cm³/mol. The molecular weight excluding hydrogens is 428 g/mol. The highest BCUT2D eigenvalue weighted by molar-refractivity contribution is 6.45. The molecule has 0 saturated carbocycles. The summed E-state index contributed by atoms with van der Waals surface area (Å²) >= 11 is 0. The first-order valence-corrected chi connectivity index (χ1v) is 11.6. The van der Waals surface area contributed by atoms with Gasteiger partial charge in [-0.15, -0.1) is 0 Å². The number of methoxy groups -OCH3 is 1. The van der Waals surface area contributed by atoms with Crippen LogP contribution in [0.2, 0.25) is 0 Å². The van der Waals surface area contributed by atoms with Crippen LogP contribution in [-0.2, 0) is 29.6 Å². The van der Waals surface area contributed by atoms with Crippen LogP contribution in [0.15, 0.2) is 54.7 Å². The lowest BCUT2D eigenvalue weighted by atomic mass is 9.95. The molecule has 2 aromatic carbocycles. The summed E-state index contributed by atoms with van der Waals surface area (Å²) in [5.41, 5.74) is 10.8. The molecule has 0 aliphatic carbocycles. The number of aryl methyl sites for hydroxylation is 2. The van der Waals surface area contributed by atoms with E-state index in [1.165, 1.54) is 11.0 Å². The molecule has 7 heteroatoms. The Labute approximate surface area is 197 Å². The van der Waals surface area contributed by atoms with Gasteiger partial charge >= 0.3 is 0 Å². The average Bonchev–Trinajstić information content (AvgIpc) is 3.47. The van der Waals surface area contributed by atoms with E-state index >= 15 is 0 Å². The van der Waals surface area contributed by atoms with E-state index in [1.54, 1.807) is 7.11 Å². The number of ether oxygens (including phenoxy) is 1. The third kappa shape index (κ3) is 2.80. The number of imide groups is 1. The van der Waals surface area contributed by atoms with Crippen LogP contribution in [0, 0.1) is 5.92 Å². The van der Waals surface area contributed by atoms with Crippen LogP contribution in [-0.4, -0.2) is 34.6 Å². The molecule has 0 radical (unpaired) electrons. The van der Waals surface area contributed by atoms with Gasteiger partial charge in [-0.3, -0.25) is 9.59 Å². The third-order valence-corrected chi connectivity index (χ3v) is 7.26. The molecule has 172 valence electrons. The largest absolute Gasteiger partial charge is 0.496 e. The van der Waals surface area contributed by atoms with Gasteiger partial charge in [0.1, 0.15) is 5.75 Å². The molecule has 2 amide bonds. The van der Waals surface area contributed by atoms with Crippen molar-refractivity contribution in [3.05, 3.63) is 66.0 Å². The van der Waals surface area contributed by atoms with E-state index in [0.29, 0.717) is 35.9 Å². The Morgan fingerprint density at radius 2 is 1.88 bits per heavy atom. The average molecular weight is 455 g/mol. The van der Waals surface area contributed by atoms with E-state index in [1.807, 2.05) is 60.3 Å². The molecule has 34 heavy (non-hydrogen) atoms. The second kappa shape index (κ2) is 7.60. The molecule has 2 aliphatic heterocycles. The summed E-state index contributed by atoms with van der Waals surface area (Å²) in [6, 6.07) is 13.8. The minimum absolute atomic E-state index is 0.305. The normalized spacial score (nSPS) is 18.1. The molecule has 0 fully saturated rings. The number of carbonyl (C=O) groups excluding carboxylic acids is 2. The van der Waals surface area contributed by atoms with Gasteiger partial charge in [0.25, 0.3) is 11.8 Å². The minimum Gasteiger partial charge on any atom is -0.496 e. The molecular formula is C27H26N4O3. The second-order valence-corrected chi connectivity index (χ2v) is 9.10. The number of nitrogens with two attached hydrogens (primary N) is 1. The number of rotatable bonds is 4. The van der Waals surface area contributed by atoms with Gasteiger partial charge in [0.15, 0.2) is 0 Å². The van der Waals surface area contributed by atoms with Crippen molar-refractivity contribution in [1.82, 2.24) is 9.13 Å². The van der Waals surface area contributed by atoms with Gasteiger partial charge in [-0.25, -0.2) is 4.90 Å². The van der Waals surface area contributed by atoms with Crippen molar-refractivity contribution < 1.29 is 14.3 Å². The first-order valence-electron chi connectivity index (χ1n) is 11.6. The number of anilines is 1. The molecule has 4 aromatic rings. The number of aromatic nitrogens is 2. The smallest absolute Gasteiger partial charge is 0.266 e. The molecule has 6 rings (SSSR count). The maximum Gasteiger partial charge on any atom is 0.266 e. The molecule has 2 aromatic heterocycles. The van der Waals surface area contributed by atoms with E-state index in [2.05, 4.69) is 4.57 Å². The lowest BCUT2D eigenvalue weighted by Gasteiger charge is -2.26. The van der Waals surface area contributed by atoms with Crippen LogP contribution in [0.1, 0.15) is 17.7 Å². The Hall–Kier alpha value is -3.84. The van der Waals surface area contributed by atoms with Crippen LogP contribution in [0.5, 0.6) is 5.75 Å². The monoisotopic (exact) mass is 454 g/mol. The zero-order valence-electron chi connectivity index (χ0n) is 19.2. The van der Waals surface area contributed by atoms with Gasteiger partial charge in [-0.1, -0.05) is 24.3 Å². The molecule has 4 heterocycles. The Bertz CT molecular complexity index is 1520. The minimum atomic E-state index is -0.330. The van der Waals surface area contributed by atoms with Gasteiger partial charge in [0.05, 0.1) is 29.3 Å². The summed E-state index contributed by atoms with van der Waals surface area (Å²) in [5.74, 6) is 0.319. The molecule has 2 N–H and O–H groups in total. The Balaban J connectivity index is 1.55. The standard InChI is InChI=1S/C27H26N4O3/c1-29-15-19(17-6-3-4-7-20(17)29)18-13-24(32)31(27(18)33)26-22-12-16(14-28)10-11-30(22)21-8-5-9-23(34-2)25(21)26/h3-9,13,15-16H,10-12,14,28H2,1-2H3. The molecule has 2 aliphatic rings. The SMILES string of the molecule is COc1cccc2c1c(N1C(=O)C=C(c3cn(C)c4ccccc34)C1=O)c1n2CCC(CN)C1. The van der Waals surface area contributed by atoms with Crippen molar-refractivity contribution in [2.24, 2.45) is 18.7 Å². The highest BCUT2D eigenvalue weighted by Crippen LogP contribution is 2.45. The van der Waals surface area contributed by atoms with E-state index in [-0.39, 0.29) is 11.8 Å². The predicted octanol–water partition coefficient (Wildman–Crippen LogP) is 3.62. The first kappa shape index (κ1) is 20.7. The number of carbonyl (C=O) groups is 2. The van der Waals surface area contributed by atoms with Crippen LogP contribution in [0.3, 0.4) is 0 Å². The molecule has 0 spiro atoms. The Kier molecular flexibility index (Phi) is 4.64. The summed E-state index contributed by atoms with van der Waals surface area (Å²) in [6.45, 7) is 1.36. The van der Waals surface area contributed by atoms with Crippen molar-refractivity contribution in [2.45, 2.75) is 19.4 Å². The van der Waals surface area contributed by atoms with Crippen molar-refractivity contribution >= 4 is 44.9 Å². The van der Waals surface area contributed by atoms with E-state index in [9.17, 15) is 9.59 Å². The van der Waals surface area contributed by atoms with Crippen LogP contribution < -0.4 is 15.4 Å². The van der Waals surface area contributed by atoms with E-state index in [0.717, 1.165) is 46.0 Å². The maximum absolute atomic E-state index is 13.9. The quantitative estimate of drug-likeness (QED) is 0.478. The number of fused-ring (bicyclic) bond motifs is 4. The highest BCUT2D eigenvalue weighted by Gasteiger charge is 2.39. The Morgan fingerprint density at radius 1 is 1.09 bits per heavy atom. The number of nitrogens with zero attached hydrogens (tertiary/aromatic N) is 3. The van der Waals surface area contributed by atoms with Gasteiger partial charge in [-0.05, 0) is 43.5 Å². The van der Waals surface area contributed by atoms with Crippen molar-refractivity contribution in [2.75, 3.05) is 18.6 Å². The van der Waals surface area contributed by atoms with Crippen LogP contribution in [0.4, 0.5) is 5.69 Å². The molecule has 0 saturated heterocycles. The fourth-order valence-corrected chi connectivity index (χ4v) is 5.59. The third-order valence-electron chi connectivity index (χ3n) is 7.26. The first-order chi connectivity index (χ1) is 16.5. The van der Waals surface area contributed by atoms with E-state index in [4.69, 9.17) is 10.5 Å². The number of benzene rings is 2.